The molecule has 1 aliphatic heterocycles. The van der Waals surface area contributed by atoms with Crippen molar-refractivity contribution in [2.75, 3.05) is 13.2 Å². The van der Waals surface area contributed by atoms with E-state index in [1.807, 2.05) is 13.0 Å². The molecular formula is C15H19NO4. The fourth-order valence-electron chi connectivity index (χ4n) is 2.38. The first-order chi connectivity index (χ1) is 9.58. The summed E-state index contributed by atoms with van der Waals surface area (Å²) >= 11 is 0. The van der Waals surface area contributed by atoms with Crippen LogP contribution in [0.3, 0.4) is 0 Å². The average Bonchev–Trinajstić information content (AvgIpc) is 2.86. The second kappa shape index (κ2) is 6.52. The van der Waals surface area contributed by atoms with Crippen LogP contribution in [0.5, 0.6) is 0 Å². The molecule has 2 rings (SSSR count). The van der Waals surface area contributed by atoms with Crippen molar-refractivity contribution < 1.29 is 19.4 Å². The predicted octanol–water partition coefficient (Wildman–Crippen LogP) is 1.40. The number of hydrogen-bond donors (Lipinski definition) is 2. The zero-order valence-electron chi connectivity index (χ0n) is 11.4. The fraction of sp³-hybridized carbons (Fsp3) is 0.467. The predicted molar refractivity (Wildman–Crippen MR) is 73.3 cm³/mol. The topological polar surface area (TPSA) is 75.6 Å². The number of carboxylic acid groups (broad SMARTS) is 1. The Kier molecular flexibility index (Phi) is 4.74. The van der Waals surface area contributed by atoms with Gasteiger partial charge in [-0.25, -0.2) is 0 Å². The molecule has 1 aromatic rings. The lowest BCUT2D eigenvalue weighted by atomic mass is 9.98. The number of rotatable bonds is 5. The van der Waals surface area contributed by atoms with Gasteiger partial charge >= 0.3 is 5.97 Å². The van der Waals surface area contributed by atoms with Crippen LogP contribution in [0.2, 0.25) is 0 Å². The zero-order chi connectivity index (χ0) is 14.5. The van der Waals surface area contributed by atoms with Gasteiger partial charge in [0.25, 0.3) is 0 Å². The largest absolute Gasteiger partial charge is 0.481 e. The van der Waals surface area contributed by atoms with Crippen LogP contribution in [0.1, 0.15) is 24.8 Å². The van der Waals surface area contributed by atoms with Gasteiger partial charge in [0.1, 0.15) is 0 Å². The number of carbonyl (C=O) groups excluding carboxylic acids is 1. The van der Waals surface area contributed by atoms with Crippen molar-refractivity contribution >= 4 is 11.9 Å². The molecule has 0 spiro atoms. The number of carbonyl (C=O) groups is 2. The molecule has 0 bridgehead atoms. The lowest BCUT2D eigenvalue weighted by Crippen LogP contribution is -2.36. The van der Waals surface area contributed by atoms with Crippen LogP contribution in [0, 0.1) is 5.92 Å². The number of hydrogen-bond acceptors (Lipinski definition) is 3. The van der Waals surface area contributed by atoms with Crippen LogP contribution in [0.4, 0.5) is 0 Å². The van der Waals surface area contributed by atoms with E-state index in [4.69, 9.17) is 4.74 Å². The third-order valence-electron chi connectivity index (χ3n) is 3.55. The van der Waals surface area contributed by atoms with Crippen molar-refractivity contribution in [3.63, 3.8) is 0 Å². The van der Waals surface area contributed by atoms with E-state index >= 15 is 0 Å². The SMILES string of the molecule is CC1CC(C(=O)NCC(C(=O)O)c2ccccc2)CO1. The van der Waals surface area contributed by atoms with Crippen molar-refractivity contribution in [3.05, 3.63) is 35.9 Å². The highest BCUT2D eigenvalue weighted by Gasteiger charge is 2.29. The molecular weight excluding hydrogens is 258 g/mol. The van der Waals surface area contributed by atoms with Gasteiger partial charge < -0.3 is 15.2 Å². The standard InChI is InChI=1S/C15H19NO4/c1-10-7-12(9-20-10)14(17)16-8-13(15(18)19)11-5-3-2-4-6-11/h2-6,10,12-13H,7-9H2,1H3,(H,16,17)(H,18,19). The van der Waals surface area contributed by atoms with Crippen LogP contribution >= 0.6 is 0 Å². The monoisotopic (exact) mass is 277 g/mol. The van der Waals surface area contributed by atoms with E-state index < -0.39 is 11.9 Å². The zero-order valence-corrected chi connectivity index (χ0v) is 11.4. The molecule has 0 saturated carbocycles. The third kappa shape index (κ3) is 3.57. The van der Waals surface area contributed by atoms with Gasteiger partial charge in [-0.2, -0.15) is 0 Å². The Balaban J connectivity index is 1.93. The molecule has 3 unspecified atom stereocenters. The quantitative estimate of drug-likeness (QED) is 0.853. The fourth-order valence-corrected chi connectivity index (χ4v) is 2.38. The number of aliphatic carboxylic acids is 1. The van der Waals surface area contributed by atoms with Crippen molar-refractivity contribution in [2.24, 2.45) is 5.92 Å². The second-order valence-electron chi connectivity index (χ2n) is 5.12. The summed E-state index contributed by atoms with van der Waals surface area (Å²) in [5.41, 5.74) is 0.691. The maximum Gasteiger partial charge on any atom is 0.312 e. The van der Waals surface area contributed by atoms with Crippen molar-refractivity contribution in [1.29, 1.82) is 0 Å². The number of nitrogens with one attached hydrogen (secondary N) is 1. The Morgan fingerprint density at radius 2 is 2.10 bits per heavy atom. The lowest BCUT2D eigenvalue weighted by Gasteiger charge is -2.15. The summed E-state index contributed by atoms with van der Waals surface area (Å²) in [6.45, 7) is 2.44. The van der Waals surface area contributed by atoms with E-state index in [2.05, 4.69) is 5.32 Å². The Morgan fingerprint density at radius 1 is 1.40 bits per heavy atom. The molecule has 5 nitrogen and oxygen atoms in total. The summed E-state index contributed by atoms with van der Waals surface area (Å²) < 4.78 is 5.35. The number of ether oxygens (including phenoxy) is 1. The smallest absolute Gasteiger partial charge is 0.312 e. The Bertz CT molecular complexity index is 474. The summed E-state index contributed by atoms with van der Waals surface area (Å²) in [4.78, 5) is 23.3. The molecule has 1 fully saturated rings. The highest BCUT2D eigenvalue weighted by atomic mass is 16.5. The van der Waals surface area contributed by atoms with Gasteiger partial charge in [-0.15, -0.1) is 0 Å². The van der Waals surface area contributed by atoms with Gasteiger partial charge in [0.15, 0.2) is 0 Å². The van der Waals surface area contributed by atoms with Gasteiger partial charge in [0.05, 0.1) is 24.5 Å². The van der Waals surface area contributed by atoms with E-state index in [0.29, 0.717) is 18.6 Å². The molecule has 5 heteroatoms. The molecule has 1 amide bonds. The molecule has 2 N–H and O–H groups in total. The number of benzene rings is 1. The Hall–Kier alpha value is -1.88. The summed E-state index contributed by atoms with van der Waals surface area (Å²) in [5.74, 6) is -1.96. The first kappa shape index (κ1) is 14.5. The lowest BCUT2D eigenvalue weighted by molar-refractivity contribution is -0.138. The molecule has 20 heavy (non-hydrogen) atoms. The third-order valence-corrected chi connectivity index (χ3v) is 3.55. The first-order valence-electron chi connectivity index (χ1n) is 6.75. The number of carboxylic acids is 1. The maximum absolute atomic E-state index is 12.0. The summed E-state index contributed by atoms with van der Waals surface area (Å²) in [6.07, 6.45) is 0.782. The summed E-state index contributed by atoms with van der Waals surface area (Å²) in [6, 6.07) is 8.93. The Labute approximate surface area is 117 Å². The van der Waals surface area contributed by atoms with E-state index in [1.165, 1.54) is 0 Å². The maximum atomic E-state index is 12.0. The Morgan fingerprint density at radius 3 is 2.65 bits per heavy atom. The molecule has 1 saturated heterocycles. The summed E-state index contributed by atoms with van der Waals surface area (Å²) in [7, 11) is 0. The molecule has 108 valence electrons. The van der Waals surface area contributed by atoms with E-state index in [9.17, 15) is 14.7 Å². The van der Waals surface area contributed by atoms with E-state index in [-0.39, 0.29) is 24.5 Å². The minimum Gasteiger partial charge on any atom is -0.481 e. The van der Waals surface area contributed by atoms with Crippen molar-refractivity contribution in [1.82, 2.24) is 5.32 Å². The average molecular weight is 277 g/mol. The molecule has 0 radical (unpaired) electrons. The minimum absolute atomic E-state index is 0.0927. The van der Waals surface area contributed by atoms with Crippen LogP contribution < -0.4 is 5.32 Å². The van der Waals surface area contributed by atoms with Gasteiger partial charge in [0, 0.05) is 6.54 Å². The van der Waals surface area contributed by atoms with E-state index in [0.717, 1.165) is 0 Å². The van der Waals surface area contributed by atoms with Crippen molar-refractivity contribution in [3.8, 4) is 0 Å². The van der Waals surface area contributed by atoms with Crippen LogP contribution in [-0.4, -0.2) is 36.2 Å². The molecule has 1 aliphatic rings. The molecule has 3 atom stereocenters. The number of amides is 1. The highest BCUT2D eigenvalue weighted by molar-refractivity contribution is 5.81. The highest BCUT2D eigenvalue weighted by Crippen LogP contribution is 2.20. The minimum atomic E-state index is -0.937. The van der Waals surface area contributed by atoms with Gasteiger partial charge in [-0.1, -0.05) is 30.3 Å². The van der Waals surface area contributed by atoms with Crippen LogP contribution in [0.15, 0.2) is 30.3 Å². The van der Waals surface area contributed by atoms with E-state index in [1.54, 1.807) is 24.3 Å². The van der Waals surface area contributed by atoms with Gasteiger partial charge in [-0.05, 0) is 18.9 Å². The van der Waals surface area contributed by atoms with Gasteiger partial charge in [-0.3, -0.25) is 9.59 Å². The van der Waals surface area contributed by atoms with Crippen LogP contribution in [-0.2, 0) is 14.3 Å². The first-order valence-corrected chi connectivity index (χ1v) is 6.75. The molecule has 0 aliphatic carbocycles. The summed E-state index contributed by atoms with van der Waals surface area (Å²) in [5, 5.41) is 12.0. The second-order valence-corrected chi connectivity index (χ2v) is 5.12. The van der Waals surface area contributed by atoms with Crippen LogP contribution in [0.25, 0.3) is 0 Å². The molecule has 1 aromatic carbocycles. The molecule has 0 aromatic heterocycles. The normalized spacial score (nSPS) is 23.2. The van der Waals surface area contributed by atoms with Gasteiger partial charge in [0.2, 0.25) is 5.91 Å². The molecule has 1 heterocycles. The van der Waals surface area contributed by atoms with Crippen molar-refractivity contribution in [2.45, 2.75) is 25.4 Å².